The van der Waals surface area contributed by atoms with E-state index in [0.717, 1.165) is 29.3 Å². The molecule has 2 unspecified atom stereocenters. The second-order valence-electron chi connectivity index (χ2n) is 8.07. The summed E-state index contributed by atoms with van der Waals surface area (Å²) in [7, 11) is 0. The lowest BCUT2D eigenvalue weighted by atomic mass is 9.70. The number of rotatable bonds is 1. The van der Waals surface area contributed by atoms with E-state index in [0.29, 0.717) is 17.5 Å². The van der Waals surface area contributed by atoms with Gasteiger partial charge in [0.25, 0.3) is 0 Å². The van der Waals surface area contributed by atoms with E-state index in [1.807, 2.05) is 30.5 Å². The molecule has 0 radical (unpaired) electrons. The molecule has 2 heterocycles. The molecule has 0 amide bonds. The van der Waals surface area contributed by atoms with Crippen molar-refractivity contribution in [3.05, 3.63) is 36.3 Å². The first-order chi connectivity index (χ1) is 11.4. The van der Waals surface area contributed by atoms with Gasteiger partial charge in [-0.15, -0.1) is 10.2 Å². The van der Waals surface area contributed by atoms with Crippen LogP contribution in [0.3, 0.4) is 0 Å². The Morgan fingerprint density at radius 3 is 2.71 bits per heavy atom. The van der Waals surface area contributed by atoms with Crippen molar-refractivity contribution < 1.29 is 4.79 Å². The Balaban J connectivity index is 1.74. The number of ketones is 1. The van der Waals surface area contributed by atoms with Crippen molar-refractivity contribution in [1.29, 1.82) is 0 Å². The van der Waals surface area contributed by atoms with Gasteiger partial charge >= 0.3 is 0 Å². The lowest BCUT2D eigenvalue weighted by Gasteiger charge is -2.32. The van der Waals surface area contributed by atoms with Crippen LogP contribution in [0.2, 0.25) is 0 Å². The molecule has 0 aliphatic heterocycles. The van der Waals surface area contributed by atoms with Gasteiger partial charge in [0.1, 0.15) is 5.78 Å². The lowest BCUT2D eigenvalue weighted by Crippen LogP contribution is -2.33. The molecule has 24 heavy (non-hydrogen) atoms. The number of nitrogens with zero attached hydrogens (tertiary/aromatic N) is 4. The van der Waals surface area contributed by atoms with E-state index in [2.05, 4.69) is 36.1 Å². The van der Waals surface area contributed by atoms with Crippen LogP contribution in [-0.4, -0.2) is 25.6 Å². The van der Waals surface area contributed by atoms with Gasteiger partial charge < -0.3 is 0 Å². The van der Waals surface area contributed by atoms with Crippen molar-refractivity contribution in [3.63, 3.8) is 0 Å². The monoisotopic (exact) mass is 320 g/mol. The predicted octanol–water partition coefficient (Wildman–Crippen LogP) is 3.39. The average Bonchev–Trinajstić information content (AvgIpc) is 3.14. The number of carbonyl (C=O) groups is 1. The van der Waals surface area contributed by atoms with Crippen LogP contribution >= 0.6 is 0 Å². The highest BCUT2D eigenvalue weighted by Crippen LogP contribution is 2.67. The average molecular weight is 320 g/mol. The van der Waals surface area contributed by atoms with Crippen LogP contribution < -0.4 is 0 Å². The third kappa shape index (κ3) is 1.42. The van der Waals surface area contributed by atoms with Gasteiger partial charge in [-0.3, -0.25) is 4.79 Å². The van der Waals surface area contributed by atoms with Crippen molar-refractivity contribution in [2.24, 2.45) is 16.7 Å². The molecule has 1 aromatic carbocycles. The molecule has 0 N–H and O–H groups in total. The van der Waals surface area contributed by atoms with E-state index in [9.17, 15) is 4.79 Å². The molecular weight excluding hydrogens is 300 g/mol. The second-order valence-corrected chi connectivity index (χ2v) is 8.07. The summed E-state index contributed by atoms with van der Waals surface area (Å²) in [6.45, 7) is 6.59. The summed E-state index contributed by atoms with van der Waals surface area (Å²) in [5.41, 5.74) is 0.476. The largest absolute Gasteiger partial charge is 0.298 e. The van der Waals surface area contributed by atoms with E-state index < -0.39 is 0 Å². The van der Waals surface area contributed by atoms with Crippen LogP contribution in [0.5, 0.6) is 0 Å². The smallest absolute Gasteiger partial charge is 0.185 e. The quantitative estimate of drug-likeness (QED) is 0.689. The molecule has 3 atom stereocenters. The molecular formula is C19H20N4O. The highest BCUT2D eigenvalue weighted by Gasteiger charge is 2.67. The number of hydrogen-bond donors (Lipinski definition) is 0. The summed E-state index contributed by atoms with van der Waals surface area (Å²) in [5.74, 6) is 1.15. The van der Waals surface area contributed by atoms with Crippen LogP contribution in [0, 0.1) is 16.7 Å². The fourth-order valence-electron chi connectivity index (χ4n) is 5.08. The SMILES string of the molecule is CC12CCC([C@H](c3nnc4c5ccccc5cnn34)C1=O)C2(C)C. The maximum atomic E-state index is 13.2. The van der Waals surface area contributed by atoms with Crippen molar-refractivity contribution in [2.45, 2.75) is 39.5 Å². The molecule has 2 fully saturated rings. The van der Waals surface area contributed by atoms with E-state index >= 15 is 0 Å². The first-order valence-corrected chi connectivity index (χ1v) is 8.58. The van der Waals surface area contributed by atoms with Gasteiger partial charge in [-0.05, 0) is 24.2 Å². The molecule has 122 valence electrons. The zero-order valence-electron chi connectivity index (χ0n) is 14.2. The minimum Gasteiger partial charge on any atom is -0.298 e. The molecule has 2 aromatic heterocycles. The zero-order chi connectivity index (χ0) is 16.7. The first-order valence-electron chi connectivity index (χ1n) is 8.58. The number of hydrogen-bond acceptors (Lipinski definition) is 4. The summed E-state index contributed by atoms with van der Waals surface area (Å²) in [6, 6.07) is 8.02. The summed E-state index contributed by atoms with van der Waals surface area (Å²) >= 11 is 0. The molecule has 5 rings (SSSR count). The van der Waals surface area contributed by atoms with Crippen LogP contribution in [0.25, 0.3) is 16.4 Å². The van der Waals surface area contributed by atoms with Crippen molar-refractivity contribution >= 4 is 22.2 Å². The predicted molar refractivity (Wildman–Crippen MR) is 90.6 cm³/mol. The number of fused-ring (bicyclic) bond motifs is 5. The highest BCUT2D eigenvalue weighted by atomic mass is 16.1. The van der Waals surface area contributed by atoms with Gasteiger partial charge in [0, 0.05) is 16.2 Å². The molecule has 0 saturated heterocycles. The molecule has 2 aliphatic rings. The molecule has 2 bridgehead atoms. The summed E-state index contributed by atoms with van der Waals surface area (Å²) < 4.78 is 1.78. The maximum Gasteiger partial charge on any atom is 0.185 e. The van der Waals surface area contributed by atoms with Crippen LogP contribution in [0.4, 0.5) is 0 Å². The molecule has 3 aromatic rings. The van der Waals surface area contributed by atoms with Gasteiger partial charge in [0.15, 0.2) is 11.5 Å². The van der Waals surface area contributed by atoms with E-state index in [-0.39, 0.29) is 16.7 Å². The molecule has 2 aliphatic carbocycles. The summed E-state index contributed by atoms with van der Waals surface area (Å²) in [5, 5.41) is 15.4. The Morgan fingerprint density at radius 1 is 1.17 bits per heavy atom. The van der Waals surface area contributed by atoms with Crippen molar-refractivity contribution in [3.8, 4) is 0 Å². The lowest BCUT2D eigenvalue weighted by molar-refractivity contribution is -0.129. The third-order valence-electron chi connectivity index (χ3n) is 6.99. The van der Waals surface area contributed by atoms with Gasteiger partial charge in [0.2, 0.25) is 0 Å². The van der Waals surface area contributed by atoms with E-state index in [1.54, 1.807) is 4.52 Å². The van der Waals surface area contributed by atoms with Gasteiger partial charge in [-0.1, -0.05) is 45.0 Å². The Morgan fingerprint density at radius 2 is 1.96 bits per heavy atom. The molecule has 0 spiro atoms. The highest BCUT2D eigenvalue weighted by molar-refractivity contribution is 5.96. The Kier molecular flexibility index (Phi) is 2.47. The number of aromatic nitrogens is 4. The van der Waals surface area contributed by atoms with E-state index in [1.165, 1.54) is 0 Å². The molecule has 5 heteroatoms. The summed E-state index contributed by atoms with van der Waals surface area (Å²) in [4.78, 5) is 13.2. The van der Waals surface area contributed by atoms with E-state index in [4.69, 9.17) is 0 Å². The zero-order valence-corrected chi connectivity index (χ0v) is 14.2. The van der Waals surface area contributed by atoms with Crippen molar-refractivity contribution in [1.82, 2.24) is 19.8 Å². The van der Waals surface area contributed by atoms with Crippen LogP contribution in [-0.2, 0) is 4.79 Å². The topological polar surface area (TPSA) is 60.1 Å². The summed E-state index contributed by atoms with van der Waals surface area (Å²) in [6.07, 6.45) is 3.88. The standard InChI is InChI=1S/C19H20N4O/c1-18(2)13-8-9-19(18,3)15(24)14(13)17-22-21-16-12-7-5-4-6-11(12)10-20-23(16)17/h4-7,10,13-14H,8-9H2,1-3H3/t13?,14-,19?/m0/s1. The maximum absolute atomic E-state index is 13.2. The van der Waals surface area contributed by atoms with Crippen LogP contribution in [0.1, 0.15) is 45.4 Å². The number of benzene rings is 1. The number of Topliss-reactive ketones (excluding diaryl/α,β-unsaturated/α-hetero) is 1. The van der Waals surface area contributed by atoms with Crippen LogP contribution in [0.15, 0.2) is 30.5 Å². The van der Waals surface area contributed by atoms with Crippen molar-refractivity contribution in [2.75, 3.05) is 0 Å². The Labute approximate surface area is 140 Å². The Bertz CT molecular complexity index is 1000. The minimum absolute atomic E-state index is 0.00255. The van der Waals surface area contributed by atoms with Gasteiger partial charge in [-0.2, -0.15) is 9.61 Å². The first kappa shape index (κ1) is 14.1. The number of carbonyl (C=O) groups excluding carboxylic acids is 1. The normalized spacial score (nSPS) is 31.4. The van der Waals surface area contributed by atoms with Gasteiger partial charge in [0.05, 0.1) is 12.1 Å². The van der Waals surface area contributed by atoms with Gasteiger partial charge in [-0.25, -0.2) is 0 Å². The molecule has 2 saturated carbocycles. The second kappa shape index (κ2) is 4.21. The minimum atomic E-state index is -0.259. The fraction of sp³-hybridized carbons (Fsp3) is 0.474. The molecule has 5 nitrogen and oxygen atoms in total. The Hall–Kier alpha value is -2.30. The third-order valence-corrected chi connectivity index (χ3v) is 6.99. The fourth-order valence-corrected chi connectivity index (χ4v) is 5.08.